The lowest BCUT2D eigenvalue weighted by atomic mass is 9.84. The van der Waals surface area contributed by atoms with Crippen molar-refractivity contribution in [3.8, 4) is 0 Å². The van der Waals surface area contributed by atoms with E-state index in [1.165, 1.54) is 0 Å². The molecule has 2 saturated heterocycles. The highest BCUT2D eigenvalue weighted by Gasteiger charge is 2.51. The van der Waals surface area contributed by atoms with E-state index in [1.807, 2.05) is 49.1 Å². The predicted octanol–water partition coefficient (Wildman–Crippen LogP) is 2.07. The summed E-state index contributed by atoms with van der Waals surface area (Å²) in [6.07, 6.45) is 1.31. The molecule has 2 aliphatic heterocycles. The van der Waals surface area contributed by atoms with E-state index in [-0.39, 0.29) is 11.8 Å². The number of carbonyl (C=O) groups is 2. The number of nitrogens with zero attached hydrogens (tertiary/aromatic N) is 2. The van der Waals surface area contributed by atoms with Crippen LogP contribution in [-0.4, -0.2) is 49.1 Å². The number of ether oxygens (including phenoxy) is 1. The summed E-state index contributed by atoms with van der Waals surface area (Å²) in [6, 6.07) is 9.12. The number of anilines is 1. The van der Waals surface area contributed by atoms with Crippen molar-refractivity contribution in [3.05, 3.63) is 30.3 Å². The van der Waals surface area contributed by atoms with Gasteiger partial charge in [-0.3, -0.25) is 14.5 Å². The third-order valence-electron chi connectivity index (χ3n) is 5.11. The van der Waals surface area contributed by atoms with Crippen LogP contribution in [0.2, 0.25) is 0 Å². The van der Waals surface area contributed by atoms with Crippen LogP contribution in [0.4, 0.5) is 5.69 Å². The quantitative estimate of drug-likeness (QED) is 0.858. The number of hydrogen-bond acceptors (Lipinski definition) is 3. The Morgan fingerprint density at radius 3 is 2.52 bits per heavy atom. The van der Waals surface area contributed by atoms with Crippen LogP contribution < -0.4 is 4.90 Å². The number of benzene rings is 1. The zero-order valence-electron chi connectivity index (χ0n) is 13.8. The van der Waals surface area contributed by atoms with Gasteiger partial charge in [0.1, 0.15) is 6.04 Å². The van der Waals surface area contributed by atoms with Gasteiger partial charge < -0.3 is 9.64 Å². The number of carbonyl (C=O) groups excluding carboxylic acids is 2. The monoisotopic (exact) mass is 316 g/mol. The smallest absolute Gasteiger partial charge is 0.245 e. The summed E-state index contributed by atoms with van der Waals surface area (Å²) in [4.78, 5) is 29.5. The predicted molar refractivity (Wildman–Crippen MR) is 88.1 cm³/mol. The average Bonchev–Trinajstić information content (AvgIpc) is 2.88. The molecule has 0 aliphatic carbocycles. The lowest BCUT2D eigenvalue weighted by Crippen LogP contribution is -2.50. The SMILES string of the molecule is CCC1(C)CC(C(=O)N2CCOCC2)N(c2ccccc2)C1=O. The van der Waals surface area contributed by atoms with E-state index in [9.17, 15) is 9.59 Å². The second kappa shape index (κ2) is 6.32. The van der Waals surface area contributed by atoms with Crippen molar-refractivity contribution in [2.45, 2.75) is 32.7 Å². The Balaban J connectivity index is 1.92. The van der Waals surface area contributed by atoms with Gasteiger partial charge in [0.05, 0.1) is 13.2 Å². The van der Waals surface area contributed by atoms with Gasteiger partial charge in [-0.15, -0.1) is 0 Å². The maximum atomic E-state index is 13.0. The number of rotatable bonds is 3. The molecule has 1 aromatic carbocycles. The molecule has 124 valence electrons. The van der Waals surface area contributed by atoms with Crippen molar-refractivity contribution in [1.29, 1.82) is 0 Å². The average molecular weight is 316 g/mol. The Labute approximate surface area is 137 Å². The van der Waals surface area contributed by atoms with E-state index in [4.69, 9.17) is 4.74 Å². The molecular formula is C18H24N2O3. The first-order chi connectivity index (χ1) is 11.1. The summed E-state index contributed by atoms with van der Waals surface area (Å²) < 4.78 is 5.33. The maximum absolute atomic E-state index is 13.0. The van der Waals surface area contributed by atoms with Gasteiger partial charge in [0.2, 0.25) is 11.8 Å². The molecule has 2 atom stereocenters. The largest absolute Gasteiger partial charge is 0.378 e. The first-order valence-electron chi connectivity index (χ1n) is 8.32. The zero-order valence-corrected chi connectivity index (χ0v) is 13.8. The van der Waals surface area contributed by atoms with Crippen LogP contribution in [0, 0.1) is 5.41 Å². The lowest BCUT2D eigenvalue weighted by molar-refractivity contribution is -0.137. The number of morpholine rings is 1. The molecule has 0 aromatic heterocycles. The van der Waals surface area contributed by atoms with Crippen LogP contribution in [0.25, 0.3) is 0 Å². The minimum absolute atomic E-state index is 0.0441. The molecule has 2 heterocycles. The van der Waals surface area contributed by atoms with E-state index in [0.29, 0.717) is 32.7 Å². The molecule has 1 aromatic rings. The molecule has 2 aliphatic rings. The Morgan fingerprint density at radius 2 is 1.91 bits per heavy atom. The molecule has 3 rings (SSSR count). The van der Waals surface area contributed by atoms with Crippen molar-refractivity contribution < 1.29 is 14.3 Å². The fourth-order valence-electron chi connectivity index (χ4n) is 3.41. The van der Waals surface area contributed by atoms with Crippen molar-refractivity contribution in [3.63, 3.8) is 0 Å². The van der Waals surface area contributed by atoms with Gasteiger partial charge in [0, 0.05) is 24.2 Å². The minimum Gasteiger partial charge on any atom is -0.378 e. The van der Waals surface area contributed by atoms with Gasteiger partial charge in [0.25, 0.3) is 0 Å². The highest BCUT2D eigenvalue weighted by molar-refractivity contribution is 6.06. The normalized spacial score (nSPS) is 28.3. The highest BCUT2D eigenvalue weighted by atomic mass is 16.5. The summed E-state index contributed by atoms with van der Waals surface area (Å²) in [7, 11) is 0. The molecule has 2 amide bonds. The van der Waals surface area contributed by atoms with Crippen LogP contribution in [0.1, 0.15) is 26.7 Å². The van der Waals surface area contributed by atoms with Crippen LogP contribution in [-0.2, 0) is 14.3 Å². The van der Waals surface area contributed by atoms with Crippen molar-refractivity contribution in [2.24, 2.45) is 5.41 Å². The standard InChI is InChI=1S/C18H24N2O3/c1-3-18(2)13-15(16(21)19-9-11-23-12-10-19)20(17(18)22)14-7-5-4-6-8-14/h4-8,15H,3,9-13H2,1-2H3. The molecule has 23 heavy (non-hydrogen) atoms. The Kier molecular flexibility index (Phi) is 4.39. The Morgan fingerprint density at radius 1 is 1.26 bits per heavy atom. The zero-order chi connectivity index (χ0) is 16.4. The fraction of sp³-hybridized carbons (Fsp3) is 0.556. The second-order valence-electron chi connectivity index (χ2n) is 6.58. The second-order valence-corrected chi connectivity index (χ2v) is 6.58. The van der Waals surface area contributed by atoms with Crippen LogP contribution >= 0.6 is 0 Å². The van der Waals surface area contributed by atoms with Crippen LogP contribution in [0.15, 0.2) is 30.3 Å². The molecule has 0 radical (unpaired) electrons. The molecule has 0 spiro atoms. The fourth-order valence-corrected chi connectivity index (χ4v) is 3.41. The van der Waals surface area contributed by atoms with Crippen LogP contribution in [0.3, 0.4) is 0 Å². The lowest BCUT2D eigenvalue weighted by Gasteiger charge is -2.32. The Hall–Kier alpha value is -1.88. The first kappa shape index (κ1) is 16.0. The molecule has 0 N–H and O–H groups in total. The van der Waals surface area contributed by atoms with Gasteiger partial charge in [-0.25, -0.2) is 0 Å². The number of amides is 2. The van der Waals surface area contributed by atoms with Gasteiger partial charge in [0.15, 0.2) is 0 Å². The van der Waals surface area contributed by atoms with Crippen molar-refractivity contribution in [1.82, 2.24) is 4.90 Å². The summed E-state index contributed by atoms with van der Waals surface area (Å²) in [5.74, 6) is 0.0977. The number of hydrogen-bond donors (Lipinski definition) is 0. The third kappa shape index (κ3) is 2.85. The van der Waals surface area contributed by atoms with E-state index in [1.54, 1.807) is 4.90 Å². The number of para-hydroxylation sites is 1. The third-order valence-corrected chi connectivity index (χ3v) is 5.11. The molecular weight excluding hydrogens is 292 g/mol. The molecule has 5 heteroatoms. The summed E-state index contributed by atoms with van der Waals surface area (Å²) >= 11 is 0. The Bertz CT molecular complexity index is 583. The van der Waals surface area contributed by atoms with Gasteiger partial charge in [-0.05, 0) is 25.0 Å². The molecule has 0 bridgehead atoms. The van der Waals surface area contributed by atoms with E-state index in [2.05, 4.69) is 0 Å². The van der Waals surface area contributed by atoms with E-state index in [0.717, 1.165) is 12.1 Å². The first-order valence-corrected chi connectivity index (χ1v) is 8.32. The van der Waals surface area contributed by atoms with E-state index >= 15 is 0 Å². The van der Waals surface area contributed by atoms with Crippen LogP contribution in [0.5, 0.6) is 0 Å². The molecule has 0 saturated carbocycles. The summed E-state index contributed by atoms with van der Waals surface area (Å²) in [5, 5.41) is 0. The van der Waals surface area contributed by atoms with Gasteiger partial charge in [-0.1, -0.05) is 32.0 Å². The summed E-state index contributed by atoms with van der Waals surface area (Å²) in [5.41, 5.74) is 0.337. The summed E-state index contributed by atoms with van der Waals surface area (Å²) in [6.45, 7) is 6.34. The topological polar surface area (TPSA) is 49.9 Å². The van der Waals surface area contributed by atoms with Gasteiger partial charge in [-0.2, -0.15) is 0 Å². The minimum atomic E-state index is -0.470. The molecule has 5 nitrogen and oxygen atoms in total. The van der Waals surface area contributed by atoms with Gasteiger partial charge >= 0.3 is 0 Å². The van der Waals surface area contributed by atoms with Crippen molar-refractivity contribution in [2.75, 3.05) is 31.2 Å². The molecule has 2 fully saturated rings. The molecule has 2 unspecified atom stereocenters. The van der Waals surface area contributed by atoms with Crippen molar-refractivity contribution >= 4 is 17.5 Å². The highest BCUT2D eigenvalue weighted by Crippen LogP contribution is 2.41. The maximum Gasteiger partial charge on any atom is 0.245 e. The van der Waals surface area contributed by atoms with E-state index < -0.39 is 11.5 Å².